The van der Waals surface area contributed by atoms with Gasteiger partial charge in [0.25, 0.3) is 0 Å². The van der Waals surface area contributed by atoms with E-state index < -0.39 is 35.2 Å². The second-order valence-corrected chi connectivity index (χ2v) is 7.57. The van der Waals surface area contributed by atoms with Crippen LogP contribution in [-0.4, -0.2) is 27.8 Å². The summed E-state index contributed by atoms with van der Waals surface area (Å²) < 4.78 is 54.4. The molecule has 1 aliphatic rings. The van der Waals surface area contributed by atoms with Crippen molar-refractivity contribution in [2.24, 2.45) is 11.7 Å². The number of aromatic nitrogens is 2. The number of halogens is 4. The van der Waals surface area contributed by atoms with Crippen molar-refractivity contribution in [2.75, 3.05) is 16.0 Å². The van der Waals surface area contributed by atoms with Crippen LogP contribution in [0.5, 0.6) is 0 Å². The molecule has 1 aromatic heterocycles. The van der Waals surface area contributed by atoms with Gasteiger partial charge in [0.2, 0.25) is 17.8 Å². The van der Waals surface area contributed by atoms with Crippen molar-refractivity contribution >= 4 is 35.0 Å². The predicted molar refractivity (Wildman–Crippen MR) is 114 cm³/mol. The minimum atomic E-state index is -4.78. The molecule has 1 aliphatic carbocycles. The predicted octanol–water partition coefficient (Wildman–Crippen LogP) is 3.96. The molecule has 1 fully saturated rings. The molecule has 1 heterocycles. The number of alkyl halides is 3. The van der Waals surface area contributed by atoms with Gasteiger partial charge in [0.15, 0.2) is 0 Å². The van der Waals surface area contributed by atoms with Crippen molar-refractivity contribution in [3.8, 4) is 0 Å². The third kappa shape index (κ3) is 6.18. The van der Waals surface area contributed by atoms with E-state index in [4.69, 9.17) is 5.73 Å². The molecule has 3 rings (SSSR count). The number of carbonyl (C=O) groups is 2. The van der Waals surface area contributed by atoms with E-state index in [1.54, 1.807) is 0 Å². The van der Waals surface area contributed by atoms with Gasteiger partial charge in [-0.1, -0.05) is 13.0 Å². The van der Waals surface area contributed by atoms with Gasteiger partial charge < -0.3 is 21.7 Å². The third-order valence-corrected chi connectivity index (χ3v) is 5.18. The SMILES string of the molecule is C=CC(=O)Nc1cc(F)ccc1Nc1nc(N[C@@H]2CCC[C@H](C(N)=O)C2)ncc1C(F)(F)F. The molecule has 33 heavy (non-hydrogen) atoms. The Hall–Kier alpha value is -3.70. The molecule has 1 aromatic carbocycles. The van der Waals surface area contributed by atoms with Crippen molar-refractivity contribution in [2.45, 2.75) is 37.9 Å². The highest BCUT2D eigenvalue weighted by Gasteiger charge is 2.36. The smallest absolute Gasteiger partial charge is 0.369 e. The molecule has 0 radical (unpaired) electrons. The fraction of sp³-hybridized carbons (Fsp3) is 0.333. The summed E-state index contributed by atoms with van der Waals surface area (Å²) in [5.41, 5.74) is 4.10. The fourth-order valence-electron chi connectivity index (χ4n) is 3.56. The Bertz CT molecular complexity index is 1060. The average molecular weight is 466 g/mol. The Kier molecular flexibility index (Phi) is 7.14. The quantitative estimate of drug-likeness (QED) is 0.362. The van der Waals surface area contributed by atoms with E-state index in [1.165, 1.54) is 6.07 Å². The number of nitrogens with two attached hydrogens (primary N) is 1. The molecule has 2 atom stereocenters. The number of primary amides is 1. The van der Waals surface area contributed by atoms with Gasteiger partial charge in [-0.25, -0.2) is 9.37 Å². The van der Waals surface area contributed by atoms with Crippen LogP contribution >= 0.6 is 0 Å². The first-order valence-electron chi connectivity index (χ1n) is 10.1. The van der Waals surface area contributed by atoms with Crippen LogP contribution in [0.1, 0.15) is 31.2 Å². The molecule has 0 unspecified atom stereocenters. The third-order valence-electron chi connectivity index (χ3n) is 5.18. The molecule has 0 aliphatic heterocycles. The van der Waals surface area contributed by atoms with Crippen LogP contribution in [0.3, 0.4) is 0 Å². The van der Waals surface area contributed by atoms with Gasteiger partial charge in [0.1, 0.15) is 17.2 Å². The lowest BCUT2D eigenvalue weighted by molar-refractivity contribution is -0.137. The van der Waals surface area contributed by atoms with E-state index in [2.05, 4.69) is 32.5 Å². The molecule has 0 saturated heterocycles. The second-order valence-electron chi connectivity index (χ2n) is 7.57. The zero-order valence-corrected chi connectivity index (χ0v) is 17.4. The van der Waals surface area contributed by atoms with Crippen LogP contribution < -0.4 is 21.7 Å². The first-order valence-corrected chi connectivity index (χ1v) is 10.1. The number of nitrogens with zero attached hydrogens (tertiary/aromatic N) is 2. The molecule has 12 heteroatoms. The van der Waals surface area contributed by atoms with Crippen molar-refractivity contribution in [1.29, 1.82) is 0 Å². The molecule has 0 spiro atoms. The molecule has 8 nitrogen and oxygen atoms in total. The molecule has 176 valence electrons. The van der Waals surface area contributed by atoms with E-state index in [1.807, 2.05) is 0 Å². The maximum Gasteiger partial charge on any atom is 0.421 e. The minimum Gasteiger partial charge on any atom is -0.369 e. The fourth-order valence-corrected chi connectivity index (χ4v) is 3.56. The summed E-state index contributed by atoms with van der Waals surface area (Å²) in [6.45, 7) is 3.29. The van der Waals surface area contributed by atoms with Crippen LogP contribution in [-0.2, 0) is 15.8 Å². The first-order chi connectivity index (χ1) is 15.6. The Labute approximate surface area is 186 Å². The van der Waals surface area contributed by atoms with E-state index in [0.717, 1.165) is 24.6 Å². The summed E-state index contributed by atoms with van der Waals surface area (Å²) in [5.74, 6) is -2.82. The van der Waals surface area contributed by atoms with Gasteiger partial charge in [-0.15, -0.1) is 0 Å². The Morgan fingerprint density at radius 3 is 2.64 bits per heavy atom. The number of hydrogen-bond donors (Lipinski definition) is 4. The number of rotatable bonds is 7. The normalized spacial score (nSPS) is 18.3. The summed E-state index contributed by atoms with van der Waals surface area (Å²) in [6.07, 6.45) is -0.765. The molecule has 0 bridgehead atoms. The molecular weight excluding hydrogens is 444 g/mol. The van der Waals surface area contributed by atoms with E-state index in [0.29, 0.717) is 25.5 Å². The molecular formula is C21H22F4N6O2. The number of anilines is 4. The zero-order valence-electron chi connectivity index (χ0n) is 17.4. The largest absolute Gasteiger partial charge is 0.421 e. The van der Waals surface area contributed by atoms with Crippen LogP contribution in [0.2, 0.25) is 0 Å². The summed E-state index contributed by atoms with van der Waals surface area (Å²) >= 11 is 0. The van der Waals surface area contributed by atoms with Crippen LogP contribution in [0.4, 0.5) is 40.7 Å². The molecule has 5 N–H and O–H groups in total. The van der Waals surface area contributed by atoms with Crippen LogP contribution in [0.25, 0.3) is 0 Å². The Morgan fingerprint density at radius 1 is 1.21 bits per heavy atom. The van der Waals surface area contributed by atoms with Gasteiger partial charge in [-0.3, -0.25) is 9.59 Å². The molecule has 2 amide bonds. The van der Waals surface area contributed by atoms with Crippen LogP contribution in [0.15, 0.2) is 37.1 Å². The summed E-state index contributed by atoms with van der Waals surface area (Å²) in [4.78, 5) is 30.9. The highest BCUT2D eigenvalue weighted by atomic mass is 19.4. The number of amides is 2. The van der Waals surface area contributed by atoms with Crippen molar-refractivity contribution in [3.05, 3.63) is 48.4 Å². The monoisotopic (exact) mass is 466 g/mol. The standard InChI is InChI=1S/C21H22F4N6O2/c1-2-17(32)29-16-9-12(22)6-7-15(16)30-19-14(21(23,24)25)10-27-20(31-19)28-13-5-3-4-11(8-13)18(26)33/h2,6-7,9-11,13H,1,3-5,8H2,(H2,26,33)(H,29,32)(H2,27,28,30,31)/t11-,13+/m0/s1. The van der Waals surface area contributed by atoms with Gasteiger partial charge >= 0.3 is 6.18 Å². The highest BCUT2D eigenvalue weighted by molar-refractivity contribution is 6.01. The Balaban J connectivity index is 1.91. The van der Waals surface area contributed by atoms with Gasteiger partial charge in [-0.05, 0) is 43.5 Å². The maximum atomic E-state index is 13.7. The molecule has 2 aromatic rings. The zero-order chi connectivity index (χ0) is 24.2. The minimum absolute atomic E-state index is 0.0202. The van der Waals surface area contributed by atoms with Crippen LogP contribution in [0, 0.1) is 11.7 Å². The summed E-state index contributed by atoms with van der Waals surface area (Å²) in [7, 11) is 0. The lowest BCUT2D eigenvalue weighted by Crippen LogP contribution is -2.34. The van der Waals surface area contributed by atoms with Gasteiger partial charge in [0.05, 0.1) is 11.4 Å². The van der Waals surface area contributed by atoms with Crippen molar-refractivity contribution in [1.82, 2.24) is 9.97 Å². The number of nitrogens with one attached hydrogen (secondary N) is 3. The number of benzene rings is 1. The average Bonchev–Trinajstić information content (AvgIpc) is 2.75. The molecule has 1 saturated carbocycles. The Morgan fingerprint density at radius 2 is 1.97 bits per heavy atom. The van der Waals surface area contributed by atoms with Gasteiger partial charge in [0, 0.05) is 18.2 Å². The highest BCUT2D eigenvalue weighted by Crippen LogP contribution is 2.37. The second kappa shape index (κ2) is 9.84. The van der Waals surface area contributed by atoms with Gasteiger partial charge in [-0.2, -0.15) is 18.2 Å². The van der Waals surface area contributed by atoms with E-state index in [9.17, 15) is 27.2 Å². The van der Waals surface area contributed by atoms with E-state index in [-0.39, 0.29) is 29.3 Å². The number of hydrogen-bond acceptors (Lipinski definition) is 6. The topological polar surface area (TPSA) is 122 Å². The lowest BCUT2D eigenvalue weighted by atomic mass is 9.85. The summed E-state index contributed by atoms with van der Waals surface area (Å²) in [5, 5.41) is 7.80. The van der Waals surface area contributed by atoms with E-state index >= 15 is 0 Å². The first kappa shape index (κ1) is 24.0. The van der Waals surface area contributed by atoms with Crippen molar-refractivity contribution < 1.29 is 27.2 Å². The lowest BCUT2D eigenvalue weighted by Gasteiger charge is -2.28. The number of carbonyl (C=O) groups excluding carboxylic acids is 2. The summed E-state index contributed by atoms with van der Waals surface area (Å²) in [6, 6.07) is 2.89. The maximum absolute atomic E-state index is 13.7. The van der Waals surface area contributed by atoms with Crippen molar-refractivity contribution in [3.63, 3.8) is 0 Å².